The summed E-state index contributed by atoms with van der Waals surface area (Å²) >= 11 is 11.8. The molecule has 10 rings (SSSR count). The number of anilines is 2. The fraction of sp³-hybridized carbons (Fsp3) is 0.519. The molecule has 2 saturated carbocycles. The maximum Gasteiger partial charge on any atom is 0.308 e. The van der Waals surface area contributed by atoms with Gasteiger partial charge >= 0.3 is 5.97 Å². The van der Waals surface area contributed by atoms with Gasteiger partial charge in [0.05, 0.1) is 36.2 Å². The van der Waals surface area contributed by atoms with Crippen LogP contribution in [0.15, 0.2) is 84.9 Å². The van der Waals surface area contributed by atoms with Gasteiger partial charge < -0.3 is 55.4 Å². The standard InChI is InChI=1S/C27H33ClFN3O3.C16H23FN2O2.C11H12ClNO2/c28-20-4-6-21(7-5-20)32-14-11-19(16-32)27(34)30-24(17-31-12-1-2-13-31)26(33)18-3-10-25(23(29)15-18)35-22-8-9-22;17-13-9-11(3-6-15(13)21-12-4-5-12)16(20)14(18)10-19-7-1-2-8-19;12-9-1-3-10(4-2-9)13-6-5-8(7-13)11(14)15/h3-7,10,15,19,22,24,26,33H,1-2,8-9,11-14,16-17H2,(H,30,34);3,6,9,12,14,16,20H,1-2,4-5,7-8,10,18H2;1-4,8H,5-7H2,(H,14,15)/t19-,24-,26-;14-,16-;8-/m111/s1. The highest BCUT2D eigenvalue weighted by atomic mass is 35.5. The third kappa shape index (κ3) is 15.2. The average molecular weight is 1020 g/mol. The van der Waals surface area contributed by atoms with E-state index in [0.717, 1.165) is 102 Å². The van der Waals surface area contributed by atoms with Crippen molar-refractivity contribution in [2.45, 2.75) is 101 Å². The lowest BCUT2D eigenvalue weighted by Crippen LogP contribution is -2.48. The molecule has 4 aromatic carbocycles. The topological polar surface area (TPSA) is 164 Å². The van der Waals surface area contributed by atoms with E-state index in [2.05, 4.69) is 24.9 Å². The summed E-state index contributed by atoms with van der Waals surface area (Å²) in [7, 11) is 0. The van der Waals surface area contributed by atoms with Gasteiger partial charge in [-0.25, -0.2) is 8.78 Å². The van der Waals surface area contributed by atoms with Crippen molar-refractivity contribution >= 4 is 46.5 Å². The number of amides is 1. The Balaban J connectivity index is 0.000000159. The molecule has 13 nitrogen and oxygen atoms in total. The Morgan fingerprint density at radius 3 is 1.49 bits per heavy atom. The van der Waals surface area contributed by atoms with Gasteiger partial charge in [-0.2, -0.15) is 0 Å². The Labute approximate surface area is 425 Å². The quantitative estimate of drug-likeness (QED) is 0.0690. The molecule has 6 N–H and O–H groups in total. The number of nitrogens with one attached hydrogen (secondary N) is 1. The number of carboxylic acids is 1. The van der Waals surface area contributed by atoms with E-state index in [1.54, 1.807) is 24.3 Å². The third-order valence-electron chi connectivity index (χ3n) is 14.1. The van der Waals surface area contributed by atoms with Gasteiger partial charge in [-0.1, -0.05) is 35.3 Å². The zero-order chi connectivity index (χ0) is 50.0. The van der Waals surface area contributed by atoms with E-state index in [-0.39, 0.29) is 41.4 Å². The van der Waals surface area contributed by atoms with Crippen molar-refractivity contribution in [1.29, 1.82) is 0 Å². The molecule has 384 valence electrons. The van der Waals surface area contributed by atoms with Crippen molar-refractivity contribution in [3.63, 3.8) is 0 Å². The number of rotatable bonds is 17. The van der Waals surface area contributed by atoms with Crippen molar-refractivity contribution in [3.05, 3.63) is 118 Å². The molecule has 4 aliphatic heterocycles. The van der Waals surface area contributed by atoms with Crippen LogP contribution < -0.4 is 30.3 Å². The second-order valence-electron chi connectivity index (χ2n) is 19.9. The minimum Gasteiger partial charge on any atom is -0.487 e. The molecular formula is C54H68Cl2F2N6O7. The van der Waals surface area contributed by atoms with Gasteiger partial charge in [-0.15, -0.1) is 0 Å². The molecule has 17 heteroatoms. The van der Waals surface area contributed by atoms with Crippen LogP contribution in [0.3, 0.4) is 0 Å². The summed E-state index contributed by atoms with van der Waals surface area (Å²) in [6, 6.07) is 23.5. The van der Waals surface area contributed by atoms with E-state index in [9.17, 15) is 28.6 Å². The van der Waals surface area contributed by atoms with Crippen LogP contribution in [0, 0.1) is 23.5 Å². The molecule has 2 aliphatic carbocycles. The maximum absolute atomic E-state index is 14.7. The number of carbonyl (C=O) groups excluding carboxylic acids is 1. The summed E-state index contributed by atoms with van der Waals surface area (Å²) in [5, 5.41) is 34.9. The maximum atomic E-state index is 14.7. The fourth-order valence-corrected chi connectivity index (χ4v) is 9.90. The normalized spacial score (nSPS) is 21.9. The Bertz CT molecular complexity index is 2370. The monoisotopic (exact) mass is 1020 g/mol. The third-order valence-corrected chi connectivity index (χ3v) is 14.7. The molecule has 4 aromatic rings. The first-order valence-corrected chi connectivity index (χ1v) is 26.0. The molecule has 6 aliphatic rings. The number of nitrogens with zero attached hydrogens (tertiary/aromatic N) is 4. The van der Waals surface area contributed by atoms with E-state index in [4.69, 9.17) is 43.5 Å². The van der Waals surface area contributed by atoms with Crippen molar-refractivity contribution in [1.82, 2.24) is 15.1 Å². The number of hydrogen-bond acceptors (Lipinski definition) is 11. The molecule has 1 amide bonds. The number of benzene rings is 4. The molecule has 0 unspecified atom stereocenters. The molecule has 71 heavy (non-hydrogen) atoms. The van der Waals surface area contributed by atoms with E-state index in [1.165, 1.54) is 25.0 Å². The highest BCUT2D eigenvalue weighted by molar-refractivity contribution is 6.30. The fourth-order valence-electron chi connectivity index (χ4n) is 9.64. The Morgan fingerprint density at radius 2 is 1.06 bits per heavy atom. The number of aliphatic hydroxyl groups is 2. The van der Waals surface area contributed by atoms with Gasteiger partial charge in [0.25, 0.3) is 0 Å². The number of carboxylic acid groups (broad SMARTS) is 1. The zero-order valence-corrected chi connectivity index (χ0v) is 41.7. The molecule has 0 aromatic heterocycles. The van der Waals surface area contributed by atoms with E-state index >= 15 is 0 Å². The van der Waals surface area contributed by atoms with Crippen LogP contribution >= 0.6 is 23.2 Å². The van der Waals surface area contributed by atoms with Crippen molar-refractivity contribution in [3.8, 4) is 11.5 Å². The number of nitrogens with two attached hydrogens (primary N) is 1. The molecule has 4 heterocycles. The summed E-state index contributed by atoms with van der Waals surface area (Å²) in [6.07, 6.45) is 8.32. The Morgan fingerprint density at radius 1 is 0.620 bits per heavy atom. The molecule has 0 radical (unpaired) electrons. The molecular weight excluding hydrogens is 954 g/mol. The van der Waals surface area contributed by atoms with Crippen LogP contribution in [0.1, 0.15) is 87.5 Å². The second-order valence-corrected chi connectivity index (χ2v) is 20.7. The first-order valence-electron chi connectivity index (χ1n) is 25.3. The molecule has 6 fully saturated rings. The Kier molecular flexibility index (Phi) is 18.4. The minimum atomic E-state index is -1.02. The summed E-state index contributed by atoms with van der Waals surface area (Å²) in [5.74, 6) is -1.60. The Hall–Kier alpha value is -4.74. The largest absolute Gasteiger partial charge is 0.487 e. The first-order chi connectivity index (χ1) is 34.3. The highest BCUT2D eigenvalue weighted by Gasteiger charge is 2.34. The van der Waals surface area contributed by atoms with Crippen LogP contribution in [-0.4, -0.2) is 127 Å². The lowest BCUT2D eigenvalue weighted by molar-refractivity contribution is -0.141. The van der Waals surface area contributed by atoms with Crippen molar-refractivity contribution < 1.29 is 43.2 Å². The number of halogens is 4. The van der Waals surface area contributed by atoms with Crippen LogP contribution in [0.4, 0.5) is 20.2 Å². The molecule has 6 atom stereocenters. The number of carbonyl (C=O) groups is 2. The number of aliphatic carboxylic acids is 1. The lowest BCUT2D eigenvalue weighted by atomic mass is 9.99. The smallest absolute Gasteiger partial charge is 0.308 e. The van der Waals surface area contributed by atoms with E-state index in [1.807, 2.05) is 48.5 Å². The predicted octanol–water partition coefficient (Wildman–Crippen LogP) is 8.24. The molecule has 0 spiro atoms. The summed E-state index contributed by atoms with van der Waals surface area (Å²) < 4.78 is 39.7. The molecule has 0 bridgehead atoms. The SMILES string of the molecule is N[C@H](CN1CCCC1)[C@H](O)c1ccc(OC2CC2)c(F)c1.O=C(N[C@H](CN1CCCC1)[C@H](O)c1ccc(OC2CC2)c(F)c1)[C@@H]1CCN(c2ccc(Cl)cc2)C1.O=C(O)[C@@H]1CCN(c2ccc(Cl)cc2)C1. The summed E-state index contributed by atoms with van der Waals surface area (Å²) in [5.41, 5.74) is 9.12. The van der Waals surface area contributed by atoms with Gasteiger partial charge in [-0.05, 0) is 174 Å². The summed E-state index contributed by atoms with van der Waals surface area (Å²) in [4.78, 5) is 32.8. The number of ether oxygens (including phenoxy) is 2. The number of aliphatic hydroxyl groups excluding tert-OH is 2. The van der Waals surface area contributed by atoms with Gasteiger partial charge in [0.1, 0.15) is 6.10 Å². The van der Waals surface area contributed by atoms with Gasteiger partial charge in [0, 0.05) is 66.7 Å². The van der Waals surface area contributed by atoms with Gasteiger partial charge in [-0.3, -0.25) is 9.59 Å². The highest BCUT2D eigenvalue weighted by Crippen LogP contribution is 2.33. The van der Waals surface area contributed by atoms with Crippen LogP contribution in [-0.2, 0) is 9.59 Å². The number of hydrogen-bond donors (Lipinski definition) is 5. The number of likely N-dealkylation sites (tertiary alicyclic amines) is 2. The van der Waals surface area contributed by atoms with Crippen molar-refractivity contribution in [2.24, 2.45) is 17.6 Å². The molecule has 4 saturated heterocycles. The van der Waals surface area contributed by atoms with E-state index < -0.39 is 41.9 Å². The van der Waals surface area contributed by atoms with Gasteiger partial charge in [0.15, 0.2) is 23.1 Å². The zero-order valence-electron chi connectivity index (χ0n) is 40.2. The van der Waals surface area contributed by atoms with Gasteiger partial charge in [0.2, 0.25) is 5.91 Å². The van der Waals surface area contributed by atoms with Crippen molar-refractivity contribution in [2.75, 3.05) is 75.2 Å². The van der Waals surface area contributed by atoms with Crippen LogP contribution in [0.2, 0.25) is 10.0 Å². The predicted molar refractivity (Wildman–Crippen MR) is 272 cm³/mol. The second kappa shape index (κ2) is 24.8. The minimum absolute atomic E-state index is 0.0705. The van der Waals surface area contributed by atoms with Crippen LogP contribution in [0.25, 0.3) is 0 Å². The van der Waals surface area contributed by atoms with Crippen LogP contribution in [0.5, 0.6) is 11.5 Å². The first kappa shape index (κ1) is 52.6. The summed E-state index contributed by atoms with van der Waals surface area (Å²) in [6.45, 7) is 7.91. The van der Waals surface area contributed by atoms with E-state index in [0.29, 0.717) is 47.4 Å². The average Bonchev–Trinajstić information content (AvgIpc) is 3.97. The lowest BCUT2D eigenvalue weighted by Gasteiger charge is -2.30.